The number of hydrogen-bond acceptors (Lipinski definition) is 2. The summed E-state index contributed by atoms with van der Waals surface area (Å²) in [6.45, 7) is 6.78. The van der Waals surface area contributed by atoms with Gasteiger partial charge in [0.1, 0.15) is 5.60 Å². The summed E-state index contributed by atoms with van der Waals surface area (Å²) in [5.74, 6) is 1.10. The maximum atomic E-state index is 11.9. The van der Waals surface area contributed by atoms with Crippen molar-refractivity contribution in [3.63, 3.8) is 0 Å². The molecule has 1 saturated heterocycles. The Morgan fingerprint density at radius 1 is 1.73 bits per heavy atom. The number of ketones is 1. The number of allylic oxidation sites excluding steroid dienone is 2. The minimum absolute atomic E-state index is 0.119. The normalized spacial score (nSPS) is 36.2. The lowest BCUT2D eigenvalue weighted by Crippen LogP contribution is -2.27. The van der Waals surface area contributed by atoms with E-state index in [9.17, 15) is 4.79 Å². The molecule has 0 aromatic rings. The number of rotatable bonds is 4. The van der Waals surface area contributed by atoms with Crippen molar-refractivity contribution in [1.82, 2.24) is 0 Å². The molecule has 0 aromatic carbocycles. The summed E-state index contributed by atoms with van der Waals surface area (Å²) >= 11 is 0. The lowest BCUT2D eigenvalue weighted by atomic mass is 9.90. The fourth-order valence-corrected chi connectivity index (χ4v) is 2.41. The monoisotopic (exact) mass is 208 g/mol. The molecule has 2 aliphatic rings. The van der Waals surface area contributed by atoms with Gasteiger partial charge in [-0.3, -0.25) is 4.79 Å². The van der Waals surface area contributed by atoms with Crippen LogP contribution in [0.25, 0.3) is 0 Å². The van der Waals surface area contributed by atoms with Crippen LogP contribution in [0.4, 0.5) is 0 Å². The molecule has 1 fully saturated rings. The quantitative estimate of drug-likeness (QED) is 0.525. The summed E-state index contributed by atoms with van der Waals surface area (Å²) in [4.78, 5) is 11.9. The Kier molecular flexibility index (Phi) is 2.72. The van der Waals surface area contributed by atoms with Crippen molar-refractivity contribution in [2.75, 3.05) is 6.61 Å². The Balaban J connectivity index is 1.89. The van der Waals surface area contributed by atoms with Crippen LogP contribution in [0.1, 0.15) is 40.0 Å². The van der Waals surface area contributed by atoms with E-state index in [0.717, 1.165) is 6.42 Å². The molecular formula is C13H20O2. The van der Waals surface area contributed by atoms with Crippen molar-refractivity contribution in [3.05, 3.63) is 11.6 Å². The molecule has 0 amide bonds. The topological polar surface area (TPSA) is 29.6 Å². The highest BCUT2D eigenvalue weighted by Crippen LogP contribution is 2.34. The van der Waals surface area contributed by atoms with Gasteiger partial charge in [0.25, 0.3) is 0 Å². The number of hydrogen-bond donors (Lipinski definition) is 0. The first-order valence-corrected chi connectivity index (χ1v) is 5.89. The van der Waals surface area contributed by atoms with E-state index >= 15 is 0 Å². The van der Waals surface area contributed by atoms with Crippen molar-refractivity contribution >= 4 is 5.78 Å². The van der Waals surface area contributed by atoms with E-state index in [1.165, 1.54) is 18.4 Å². The largest absolute Gasteiger partial charge is 0.362 e. The predicted octanol–water partition coefficient (Wildman–Crippen LogP) is 2.73. The molecule has 1 unspecified atom stereocenters. The molecule has 0 bridgehead atoms. The molecule has 0 N–H and O–H groups in total. The highest BCUT2D eigenvalue weighted by atomic mass is 16.6. The molecule has 0 radical (unpaired) electrons. The molecule has 0 aromatic heterocycles. The minimum Gasteiger partial charge on any atom is -0.362 e. The van der Waals surface area contributed by atoms with Crippen LogP contribution >= 0.6 is 0 Å². The Hall–Kier alpha value is -0.630. The van der Waals surface area contributed by atoms with Crippen molar-refractivity contribution < 1.29 is 9.53 Å². The van der Waals surface area contributed by atoms with Crippen LogP contribution in [0.2, 0.25) is 0 Å². The first-order chi connectivity index (χ1) is 7.01. The van der Waals surface area contributed by atoms with Crippen molar-refractivity contribution in [3.8, 4) is 0 Å². The molecule has 15 heavy (non-hydrogen) atoms. The summed E-state index contributed by atoms with van der Waals surface area (Å²) < 4.78 is 5.20. The second-order valence-corrected chi connectivity index (χ2v) is 5.33. The highest BCUT2D eigenvalue weighted by Gasteiger charge is 2.48. The molecule has 2 rings (SSSR count). The number of epoxide rings is 1. The van der Waals surface area contributed by atoms with Gasteiger partial charge in [-0.2, -0.15) is 0 Å². The summed E-state index contributed by atoms with van der Waals surface area (Å²) in [5.41, 5.74) is 1.03. The van der Waals surface area contributed by atoms with Gasteiger partial charge in [-0.25, -0.2) is 0 Å². The molecule has 1 aliphatic heterocycles. The van der Waals surface area contributed by atoms with E-state index in [0.29, 0.717) is 12.5 Å². The summed E-state index contributed by atoms with van der Waals surface area (Å²) in [6.07, 6.45) is 5.70. The van der Waals surface area contributed by atoms with Gasteiger partial charge >= 0.3 is 0 Å². The molecule has 2 heteroatoms. The Morgan fingerprint density at radius 2 is 2.40 bits per heavy atom. The molecular weight excluding hydrogens is 188 g/mol. The van der Waals surface area contributed by atoms with Crippen LogP contribution in [-0.2, 0) is 9.53 Å². The zero-order chi connectivity index (χ0) is 11.1. The van der Waals surface area contributed by atoms with E-state index in [4.69, 9.17) is 4.74 Å². The van der Waals surface area contributed by atoms with Crippen molar-refractivity contribution in [2.45, 2.75) is 45.6 Å². The van der Waals surface area contributed by atoms with E-state index < -0.39 is 5.60 Å². The van der Waals surface area contributed by atoms with Gasteiger partial charge < -0.3 is 4.74 Å². The Morgan fingerprint density at radius 3 is 2.87 bits per heavy atom. The Bertz CT molecular complexity index is 300. The molecule has 2 nitrogen and oxygen atoms in total. The highest BCUT2D eigenvalue weighted by molar-refractivity contribution is 5.91. The lowest BCUT2D eigenvalue weighted by molar-refractivity contribution is -0.127. The third kappa shape index (κ3) is 2.31. The molecule has 84 valence electrons. The maximum absolute atomic E-state index is 11.9. The zero-order valence-corrected chi connectivity index (χ0v) is 9.88. The standard InChI is InChI=1S/C13H20O2/c1-9-4-5-11(6-9)7-10(2)12(14)13(3)8-15-13/h6,9-10H,4-5,7-8H2,1-3H3/t9?,10-,13+/m0/s1. The second-order valence-electron chi connectivity index (χ2n) is 5.33. The minimum atomic E-state index is -0.440. The molecule has 1 heterocycles. The second kappa shape index (κ2) is 3.75. The van der Waals surface area contributed by atoms with Gasteiger partial charge in [0, 0.05) is 5.92 Å². The van der Waals surface area contributed by atoms with Gasteiger partial charge in [0.15, 0.2) is 5.78 Å². The summed E-state index contributed by atoms with van der Waals surface area (Å²) in [7, 11) is 0. The molecule has 0 saturated carbocycles. The smallest absolute Gasteiger partial charge is 0.169 e. The van der Waals surface area contributed by atoms with E-state index in [2.05, 4.69) is 13.0 Å². The fraction of sp³-hybridized carbons (Fsp3) is 0.769. The van der Waals surface area contributed by atoms with E-state index in [1.807, 2.05) is 13.8 Å². The molecule has 0 spiro atoms. The van der Waals surface area contributed by atoms with Gasteiger partial charge in [0.2, 0.25) is 0 Å². The average molecular weight is 208 g/mol. The molecule has 1 aliphatic carbocycles. The number of ether oxygens (including phenoxy) is 1. The maximum Gasteiger partial charge on any atom is 0.169 e. The lowest BCUT2D eigenvalue weighted by Gasteiger charge is -2.13. The van der Waals surface area contributed by atoms with Gasteiger partial charge in [-0.1, -0.05) is 25.5 Å². The summed E-state index contributed by atoms with van der Waals surface area (Å²) in [5, 5.41) is 0. The van der Waals surface area contributed by atoms with Crippen LogP contribution in [0.15, 0.2) is 11.6 Å². The zero-order valence-electron chi connectivity index (χ0n) is 9.88. The number of carbonyl (C=O) groups excluding carboxylic acids is 1. The van der Waals surface area contributed by atoms with Gasteiger partial charge in [0.05, 0.1) is 6.61 Å². The van der Waals surface area contributed by atoms with Crippen LogP contribution in [0.5, 0.6) is 0 Å². The van der Waals surface area contributed by atoms with Gasteiger partial charge in [-0.05, 0) is 32.1 Å². The van der Waals surface area contributed by atoms with Crippen molar-refractivity contribution in [2.24, 2.45) is 11.8 Å². The van der Waals surface area contributed by atoms with E-state index in [-0.39, 0.29) is 11.7 Å². The third-order valence-electron chi connectivity index (χ3n) is 3.56. The van der Waals surface area contributed by atoms with Gasteiger partial charge in [-0.15, -0.1) is 0 Å². The SMILES string of the molecule is CC1C=C(C[C@H](C)C(=O)[C@@]2(C)CO2)CC1. The number of Topliss-reactive ketones (excluding diaryl/α,β-unsaturated/α-hetero) is 1. The predicted molar refractivity (Wildman–Crippen MR) is 59.6 cm³/mol. The third-order valence-corrected chi connectivity index (χ3v) is 3.56. The van der Waals surface area contributed by atoms with Crippen molar-refractivity contribution in [1.29, 1.82) is 0 Å². The first kappa shape index (κ1) is 10.9. The fourth-order valence-electron chi connectivity index (χ4n) is 2.41. The number of carbonyl (C=O) groups is 1. The first-order valence-electron chi connectivity index (χ1n) is 5.89. The van der Waals surface area contributed by atoms with Crippen LogP contribution in [0, 0.1) is 11.8 Å². The van der Waals surface area contributed by atoms with Crippen LogP contribution < -0.4 is 0 Å². The average Bonchev–Trinajstić information content (AvgIpc) is 2.80. The summed E-state index contributed by atoms with van der Waals surface area (Å²) in [6, 6.07) is 0. The Labute approximate surface area is 91.7 Å². The van der Waals surface area contributed by atoms with Crippen LogP contribution in [0.3, 0.4) is 0 Å². The van der Waals surface area contributed by atoms with Crippen LogP contribution in [-0.4, -0.2) is 18.0 Å². The van der Waals surface area contributed by atoms with E-state index in [1.54, 1.807) is 0 Å². The molecule has 3 atom stereocenters.